The maximum atomic E-state index is 12.2. The van der Waals surface area contributed by atoms with E-state index in [1.54, 1.807) is 23.5 Å². The Balaban J connectivity index is 1.20. The molecule has 3 aromatic carbocycles. The van der Waals surface area contributed by atoms with Gasteiger partial charge < -0.3 is 10.1 Å². The van der Waals surface area contributed by atoms with Crippen LogP contribution in [0.3, 0.4) is 0 Å². The zero-order chi connectivity index (χ0) is 23.8. The minimum absolute atomic E-state index is 0.117. The first-order valence-corrected chi connectivity index (χ1v) is 12.3. The molecule has 0 aliphatic carbocycles. The molecular weight excluding hydrogens is 464 g/mol. The lowest BCUT2D eigenvalue weighted by Gasteiger charge is -2.08. The molecule has 0 unspecified atom stereocenters. The van der Waals surface area contributed by atoms with Gasteiger partial charge in [-0.05, 0) is 48.7 Å². The van der Waals surface area contributed by atoms with Gasteiger partial charge in [0, 0.05) is 34.2 Å². The summed E-state index contributed by atoms with van der Waals surface area (Å²) >= 11 is 7.81. The summed E-state index contributed by atoms with van der Waals surface area (Å²) in [5.74, 6) is 0.631. The molecule has 0 saturated carbocycles. The number of benzene rings is 3. The summed E-state index contributed by atoms with van der Waals surface area (Å²) in [4.78, 5) is 16.7. The van der Waals surface area contributed by atoms with E-state index in [-0.39, 0.29) is 5.91 Å². The summed E-state index contributed by atoms with van der Waals surface area (Å²) in [5, 5.41) is 6.75. The molecule has 0 atom stereocenters. The minimum Gasteiger partial charge on any atom is -0.489 e. The summed E-state index contributed by atoms with van der Waals surface area (Å²) in [5.41, 5.74) is 5.16. The van der Waals surface area contributed by atoms with E-state index in [2.05, 4.69) is 39.9 Å². The van der Waals surface area contributed by atoms with E-state index >= 15 is 0 Å². The van der Waals surface area contributed by atoms with Crippen LogP contribution in [0.1, 0.15) is 21.7 Å². The number of ether oxygens (including phenoxy) is 1. The van der Waals surface area contributed by atoms with Crippen molar-refractivity contribution in [2.45, 2.75) is 20.0 Å². The molecule has 0 spiro atoms. The highest BCUT2D eigenvalue weighted by Crippen LogP contribution is 2.22. The fourth-order valence-electron chi connectivity index (χ4n) is 3.35. The largest absolute Gasteiger partial charge is 0.489 e. The molecule has 4 nitrogen and oxygen atoms in total. The SMILES string of the molecule is Cc1nc(-c2ccc(CCNC(=O)/C=C/c3ccc(OCc4ccccc4Cl)cc3)cc2)cs1. The van der Waals surface area contributed by atoms with Gasteiger partial charge in [-0.3, -0.25) is 4.79 Å². The van der Waals surface area contributed by atoms with Crippen LogP contribution in [0, 0.1) is 6.92 Å². The van der Waals surface area contributed by atoms with Crippen LogP contribution in [0.15, 0.2) is 84.3 Å². The average Bonchev–Trinajstić information content (AvgIpc) is 3.29. The number of aryl methyl sites for hydroxylation is 1. The van der Waals surface area contributed by atoms with Crippen molar-refractivity contribution < 1.29 is 9.53 Å². The van der Waals surface area contributed by atoms with Crippen LogP contribution in [0.5, 0.6) is 5.75 Å². The lowest BCUT2D eigenvalue weighted by molar-refractivity contribution is -0.116. The number of nitrogens with zero attached hydrogens (tertiary/aromatic N) is 1. The molecule has 0 fully saturated rings. The Labute approximate surface area is 208 Å². The van der Waals surface area contributed by atoms with Gasteiger partial charge in [0.15, 0.2) is 0 Å². The molecule has 1 heterocycles. The number of aromatic nitrogens is 1. The van der Waals surface area contributed by atoms with Gasteiger partial charge in [-0.15, -0.1) is 11.3 Å². The monoisotopic (exact) mass is 488 g/mol. The smallest absolute Gasteiger partial charge is 0.244 e. The zero-order valence-electron chi connectivity index (χ0n) is 18.8. The first-order valence-electron chi connectivity index (χ1n) is 11.0. The third-order valence-electron chi connectivity index (χ3n) is 5.24. The second kappa shape index (κ2) is 11.6. The summed E-state index contributed by atoms with van der Waals surface area (Å²) in [6, 6.07) is 23.5. The van der Waals surface area contributed by atoms with Gasteiger partial charge in [0.1, 0.15) is 12.4 Å². The van der Waals surface area contributed by atoms with Crippen LogP contribution in [-0.2, 0) is 17.8 Å². The van der Waals surface area contributed by atoms with Gasteiger partial charge in [-0.25, -0.2) is 4.98 Å². The Morgan fingerprint density at radius 2 is 1.82 bits per heavy atom. The number of carbonyl (C=O) groups excluding carboxylic acids is 1. The number of thiazole rings is 1. The Bertz CT molecular complexity index is 1260. The van der Waals surface area contributed by atoms with Crippen molar-refractivity contribution in [2.75, 3.05) is 6.54 Å². The predicted molar refractivity (Wildman–Crippen MR) is 140 cm³/mol. The predicted octanol–water partition coefficient (Wildman–Crippen LogP) is 6.72. The molecule has 4 aromatic rings. The quantitative estimate of drug-likeness (QED) is 0.266. The molecule has 0 bridgehead atoms. The number of halogens is 1. The highest BCUT2D eigenvalue weighted by atomic mass is 35.5. The van der Waals surface area contributed by atoms with Crippen LogP contribution in [-0.4, -0.2) is 17.4 Å². The molecule has 0 aliphatic heterocycles. The molecule has 4 rings (SSSR count). The Hall–Kier alpha value is -3.41. The van der Waals surface area contributed by atoms with Gasteiger partial charge in [0.05, 0.1) is 10.7 Å². The number of carbonyl (C=O) groups is 1. The molecule has 0 aliphatic rings. The number of nitrogens with one attached hydrogen (secondary N) is 1. The lowest BCUT2D eigenvalue weighted by atomic mass is 10.1. The van der Waals surface area contributed by atoms with Gasteiger partial charge in [-0.1, -0.05) is 66.2 Å². The summed E-state index contributed by atoms with van der Waals surface area (Å²) < 4.78 is 5.79. The summed E-state index contributed by atoms with van der Waals surface area (Å²) in [7, 11) is 0. The van der Waals surface area contributed by atoms with Crippen molar-refractivity contribution in [2.24, 2.45) is 0 Å². The van der Waals surface area contributed by atoms with Gasteiger partial charge in [0.25, 0.3) is 0 Å². The molecule has 172 valence electrons. The molecule has 1 amide bonds. The maximum absolute atomic E-state index is 12.2. The van der Waals surface area contributed by atoms with Crippen molar-refractivity contribution in [1.82, 2.24) is 10.3 Å². The summed E-state index contributed by atoms with van der Waals surface area (Å²) in [6.07, 6.45) is 4.11. The summed E-state index contributed by atoms with van der Waals surface area (Å²) in [6.45, 7) is 2.99. The van der Waals surface area contributed by atoms with E-state index in [0.29, 0.717) is 18.2 Å². The molecule has 0 saturated heterocycles. The molecule has 1 aromatic heterocycles. The molecule has 34 heavy (non-hydrogen) atoms. The van der Waals surface area contributed by atoms with Gasteiger partial charge in [0.2, 0.25) is 5.91 Å². The first kappa shape index (κ1) is 23.7. The molecule has 1 N–H and O–H groups in total. The van der Waals surface area contributed by atoms with Crippen molar-refractivity contribution in [3.63, 3.8) is 0 Å². The average molecular weight is 489 g/mol. The fourth-order valence-corrected chi connectivity index (χ4v) is 4.16. The van der Waals surface area contributed by atoms with Crippen molar-refractivity contribution >= 4 is 34.9 Å². The van der Waals surface area contributed by atoms with Crippen molar-refractivity contribution in [1.29, 1.82) is 0 Å². The first-order chi connectivity index (χ1) is 16.6. The Morgan fingerprint density at radius 1 is 1.06 bits per heavy atom. The van der Waals surface area contributed by atoms with Crippen LogP contribution in [0.25, 0.3) is 17.3 Å². The van der Waals surface area contributed by atoms with Crippen LogP contribution < -0.4 is 10.1 Å². The van der Waals surface area contributed by atoms with Crippen LogP contribution >= 0.6 is 22.9 Å². The van der Waals surface area contributed by atoms with E-state index in [1.165, 1.54) is 5.56 Å². The third kappa shape index (κ3) is 6.80. The van der Waals surface area contributed by atoms with E-state index in [0.717, 1.165) is 39.6 Å². The van der Waals surface area contributed by atoms with E-state index in [9.17, 15) is 4.79 Å². The lowest BCUT2D eigenvalue weighted by Crippen LogP contribution is -2.23. The Morgan fingerprint density at radius 3 is 2.53 bits per heavy atom. The maximum Gasteiger partial charge on any atom is 0.244 e. The normalized spacial score (nSPS) is 11.0. The third-order valence-corrected chi connectivity index (χ3v) is 6.38. The standard InChI is InChI=1S/C28H25ClN2O2S/c1-20-31-27(19-34-20)23-11-6-22(7-12-23)16-17-30-28(32)15-10-21-8-13-25(14-9-21)33-18-24-4-2-3-5-26(24)29/h2-15,19H,16-18H2,1H3,(H,30,32)/b15-10+. The van der Waals surface area contributed by atoms with E-state index < -0.39 is 0 Å². The number of amides is 1. The highest BCUT2D eigenvalue weighted by Gasteiger charge is 2.03. The van der Waals surface area contributed by atoms with Crippen molar-refractivity contribution in [3.05, 3.63) is 111 Å². The van der Waals surface area contributed by atoms with E-state index in [1.807, 2.05) is 55.5 Å². The van der Waals surface area contributed by atoms with Crippen molar-refractivity contribution in [3.8, 4) is 17.0 Å². The van der Waals surface area contributed by atoms with Gasteiger partial charge >= 0.3 is 0 Å². The topological polar surface area (TPSA) is 51.2 Å². The molecular formula is C28H25ClN2O2S. The number of hydrogen-bond acceptors (Lipinski definition) is 4. The van der Waals surface area contributed by atoms with Crippen LogP contribution in [0.4, 0.5) is 0 Å². The van der Waals surface area contributed by atoms with Crippen LogP contribution in [0.2, 0.25) is 5.02 Å². The molecule has 6 heteroatoms. The zero-order valence-corrected chi connectivity index (χ0v) is 20.4. The number of hydrogen-bond donors (Lipinski definition) is 1. The van der Waals surface area contributed by atoms with Gasteiger partial charge in [-0.2, -0.15) is 0 Å². The second-order valence-corrected chi connectivity index (χ2v) is 9.24. The minimum atomic E-state index is -0.117. The second-order valence-electron chi connectivity index (χ2n) is 7.77. The highest BCUT2D eigenvalue weighted by molar-refractivity contribution is 7.09. The fraction of sp³-hybridized carbons (Fsp3) is 0.143. The number of rotatable bonds is 9. The molecule has 0 radical (unpaired) electrons. The van der Waals surface area contributed by atoms with E-state index in [4.69, 9.17) is 16.3 Å². The Kier molecular flexibility index (Phi) is 8.12.